The number of halogens is 3. The highest BCUT2D eigenvalue weighted by Crippen LogP contribution is 2.31. The molecule has 0 unspecified atom stereocenters. The summed E-state index contributed by atoms with van der Waals surface area (Å²) in [7, 11) is -3.65. The fourth-order valence-corrected chi connectivity index (χ4v) is 6.28. The Bertz CT molecular complexity index is 1270. The molecule has 0 bridgehead atoms. The number of anilines is 2. The fraction of sp³-hybridized carbons (Fsp3) is 0.478. The molecule has 5 rings (SSSR count). The minimum absolute atomic E-state index is 0.0755. The molecule has 2 fully saturated rings. The van der Waals surface area contributed by atoms with Gasteiger partial charge in [-0.2, -0.15) is 22.7 Å². The van der Waals surface area contributed by atoms with E-state index in [0.717, 1.165) is 49.7 Å². The fourth-order valence-electron chi connectivity index (χ4n) is 4.81. The van der Waals surface area contributed by atoms with E-state index in [-0.39, 0.29) is 16.9 Å². The van der Waals surface area contributed by atoms with E-state index in [0.29, 0.717) is 31.7 Å². The molecule has 2 N–H and O–H groups in total. The summed E-state index contributed by atoms with van der Waals surface area (Å²) in [5.74, 6) is 1.34. The van der Waals surface area contributed by atoms with Crippen LogP contribution in [0.1, 0.15) is 43.0 Å². The molecule has 1 aromatic carbocycles. The van der Waals surface area contributed by atoms with Crippen LogP contribution in [0.3, 0.4) is 0 Å². The molecule has 0 aliphatic carbocycles. The van der Waals surface area contributed by atoms with Crippen molar-refractivity contribution in [2.75, 3.05) is 36.4 Å². The number of rotatable bonds is 6. The second-order valence-corrected chi connectivity index (χ2v) is 11.2. The number of alkyl halides is 3. The number of aromatic nitrogens is 5. The van der Waals surface area contributed by atoms with Gasteiger partial charge in [0.05, 0.1) is 10.5 Å². The summed E-state index contributed by atoms with van der Waals surface area (Å²) in [6.07, 6.45) is -0.808. The van der Waals surface area contributed by atoms with E-state index >= 15 is 0 Å². The Balaban J connectivity index is 1.14. The predicted molar refractivity (Wildman–Crippen MR) is 129 cm³/mol. The number of piperidine rings is 2. The maximum absolute atomic E-state index is 13.2. The third-order valence-electron chi connectivity index (χ3n) is 6.96. The molecule has 2 aliphatic rings. The minimum atomic E-state index is -4.43. The lowest BCUT2D eigenvalue weighted by Crippen LogP contribution is -2.42. The summed E-state index contributed by atoms with van der Waals surface area (Å²) < 4.78 is 66.0. The number of hydrogen-bond acceptors (Lipinski definition) is 8. The van der Waals surface area contributed by atoms with Crippen LogP contribution in [0.5, 0.6) is 0 Å². The van der Waals surface area contributed by atoms with Crippen molar-refractivity contribution < 1.29 is 21.6 Å². The Hall–Kier alpha value is -3.26. The number of sulfonamides is 1. The zero-order chi connectivity index (χ0) is 26.0. The van der Waals surface area contributed by atoms with Crippen molar-refractivity contribution >= 4 is 21.5 Å². The summed E-state index contributed by atoms with van der Waals surface area (Å²) in [5.41, 5.74) is 0.163. The molecule has 3 aromatic rings. The molecule has 10 nitrogen and oxygen atoms in total. The van der Waals surface area contributed by atoms with Crippen LogP contribution >= 0.6 is 0 Å². The molecular formula is C23H27F3N8O2S. The number of tetrazole rings is 1. The largest absolute Gasteiger partial charge is 0.417 e. The average Bonchev–Trinajstić information content (AvgIpc) is 3.44. The van der Waals surface area contributed by atoms with Gasteiger partial charge in [0.1, 0.15) is 5.82 Å². The normalized spacial score (nSPS) is 18.7. The second-order valence-electron chi connectivity index (χ2n) is 9.28. The van der Waals surface area contributed by atoms with Crippen LogP contribution in [0.4, 0.5) is 24.7 Å². The van der Waals surface area contributed by atoms with Gasteiger partial charge in [0.2, 0.25) is 10.0 Å². The van der Waals surface area contributed by atoms with Gasteiger partial charge in [-0.1, -0.05) is 5.21 Å². The number of nitrogens with zero attached hydrogens (tertiary/aromatic N) is 6. The lowest BCUT2D eigenvalue weighted by Gasteiger charge is -2.33. The van der Waals surface area contributed by atoms with Crippen molar-refractivity contribution in [3.8, 4) is 0 Å². The van der Waals surface area contributed by atoms with Crippen molar-refractivity contribution in [3.05, 3.63) is 54.0 Å². The number of hydrogen-bond donors (Lipinski definition) is 2. The predicted octanol–water partition coefficient (Wildman–Crippen LogP) is 3.26. The smallest absolute Gasteiger partial charge is 0.371 e. The topological polar surface area (TPSA) is 120 Å². The molecule has 4 heterocycles. The lowest BCUT2D eigenvalue weighted by atomic mass is 9.96. The lowest BCUT2D eigenvalue weighted by molar-refractivity contribution is -0.137. The van der Waals surface area contributed by atoms with E-state index < -0.39 is 21.8 Å². The van der Waals surface area contributed by atoms with Crippen LogP contribution in [-0.4, -0.2) is 70.6 Å². The first-order chi connectivity index (χ1) is 17.7. The highest BCUT2D eigenvalue weighted by atomic mass is 32.2. The van der Waals surface area contributed by atoms with Gasteiger partial charge in [-0.3, -0.25) is 0 Å². The zero-order valence-corrected chi connectivity index (χ0v) is 20.7. The van der Waals surface area contributed by atoms with Crippen molar-refractivity contribution in [1.82, 2.24) is 29.9 Å². The first-order valence-electron chi connectivity index (χ1n) is 12.1. The first kappa shape index (κ1) is 25.4. The Morgan fingerprint density at radius 3 is 2.22 bits per heavy atom. The minimum Gasteiger partial charge on any atom is -0.371 e. The summed E-state index contributed by atoms with van der Waals surface area (Å²) in [6, 6.07) is 9.17. The van der Waals surface area contributed by atoms with Gasteiger partial charge in [0.15, 0.2) is 5.82 Å². The van der Waals surface area contributed by atoms with Gasteiger partial charge in [-0.25, -0.2) is 13.4 Å². The zero-order valence-electron chi connectivity index (χ0n) is 19.9. The summed E-state index contributed by atoms with van der Waals surface area (Å²) in [5, 5.41) is 17.4. The second kappa shape index (κ2) is 10.2. The van der Waals surface area contributed by atoms with Gasteiger partial charge < -0.3 is 10.2 Å². The maximum atomic E-state index is 13.2. The summed E-state index contributed by atoms with van der Waals surface area (Å²) >= 11 is 0. The van der Waals surface area contributed by atoms with E-state index in [1.807, 2.05) is 12.1 Å². The van der Waals surface area contributed by atoms with Gasteiger partial charge in [-0.15, -0.1) is 10.2 Å². The molecule has 14 heteroatoms. The molecular weight excluding hydrogens is 509 g/mol. The SMILES string of the molecule is O=S(=O)(c1ccc(N2CCC(c3nn[nH]n3)CC2)cc1)N1CCC(Nc2ccc(C(F)(F)F)cn2)CC1. The van der Waals surface area contributed by atoms with Gasteiger partial charge >= 0.3 is 6.18 Å². The van der Waals surface area contributed by atoms with E-state index in [9.17, 15) is 21.6 Å². The Kier molecular flexibility index (Phi) is 7.03. The van der Waals surface area contributed by atoms with Crippen LogP contribution in [0.2, 0.25) is 0 Å². The van der Waals surface area contributed by atoms with E-state index in [1.165, 1.54) is 10.4 Å². The monoisotopic (exact) mass is 536 g/mol. The van der Waals surface area contributed by atoms with E-state index in [2.05, 4.69) is 35.8 Å². The van der Waals surface area contributed by atoms with Crippen molar-refractivity contribution in [2.24, 2.45) is 0 Å². The van der Waals surface area contributed by atoms with Crippen molar-refractivity contribution in [1.29, 1.82) is 0 Å². The first-order valence-corrected chi connectivity index (χ1v) is 13.5. The van der Waals surface area contributed by atoms with Gasteiger partial charge in [-0.05, 0) is 62.1 Å². The molecule has 0 saturated carbocycles. The quantitative estimate of drug-likeness (QED) is 0.493. The molecule has 0 radical (unpaired) electrons. The van der Waals surface area contributed by atoms with Crippen LogP contribution in [-0.2, 0) is 16.2 Å². The van der Waals surface area contributed by atoms with Crippen LogP contribution in [0.15, 0.2) is 47.5 Å². The third kappa shape index (κ3) is 5.69. The van der Waals surface area contributed by atoms with E-state index in [1.54, 1.807) is 12.1 Å². The molecule has 198 valence electrons. The average molecular weight is 537 g/mol. The van der Waals surface area contributed by atoms with Crippen LogP contribution in [0.25, 0.3) is 0 Å². The molecule has 2 aromatic heterocycles. The molecule has 0 amide bonds. The number of H-pyrrole nitrogens is 1. The number of pyridine rings is 1. The molecule has 0 spiro atoms. The highest BCUT2D eigenvalue weighted by molar-refractivity contribution is 7.89. The third-order valence-corrected chi connectivity index (χ3v) is 8.87. The number of nitrogens with one attached hydrogen (secondary N) is 2. The number of aromatic amines is 1. The molecule has 0 atom stereocenters. The maximum Gasteiger partial charge on any atom is 0.417 e. The Morgan fingerprint density at radius 2 is 1.65 bits per heavy atom. The standard InChI is InChI=1S/C23H27F3N8O2S/c24-23(25,26)17-1-6-21(27-15-17)28-18-9-13-34(14-10-18)37(35,36)20-4-2-19(3-5-20)33-11-7-16(8-12-33)22-29-31-32-30-22/h1-6,15-16,18H,7-14H2,(H,27,28)(H,29,30,31,32). The number of benzene rings is 1. The van der Waals surface area contributed by atoms with Gasteiger partial charge in [0.25, 0.3) is 0 Å². The van der Waals surface area contributed by atoms with Gasteiger partial charge in [0, 0.05) is 50.0 Å². The van der Waals surface area contributed by atoms with Crippen LogP contribution < -0.4 is 10.2 Å². The Labute approximate surface area is 212 Å². The molecule has 37 heavy (non-hydrogen) atoms. The van der Waals surface area contributed by atoms with Crippen molar-refractivity contribution in [2.45, 2.75) is 48.7 Å². The molecule has 2 aliphatic heterocycles. The summed E-state index contributed by atoms with van der Waals surface area (Å²) in [6.45, 7) is 2.26. The molecule has 2 saturated heterocycles. The Morgan fingerprint density at radius 1 is 0.946 bits per heavy atom. The van der Waals surface area contributed by atoms with E-state index in [4.69, 9.17) is 0 Å². The van der Waals surface area contributed by atoms with Crippen molar-refractivity contribution in [3.63, 3.8) is 0 Å². The summed E-state index contributed by atoms with van der Waals surface area (Å²) in [4.78, 5) is 6.31. The van der Waals surface area contributed by atoms with Crippen LogP contribution in [0, 0.1) is 0 Å². The highest BCUT2D eigenvalue weighted by Gasteiger charge is 2.32.